The van der Waals surface area contributed by atoms with Gasteiger partial charge < -0.3 is 14.6 Å². The molecule has 0 saturated carbocycles. The normalized spacial score (nSPS) is 11.2. The molecule has 0 aliphatic rings. The molecule has 18 heavy (non-hydrogen) atoms. The van der Waals surface area contributed by atoms with Crippen LogP contribution in [0.2, 0.25) is 0 Å². The number of rotatable bonds is 0. The number of hydrogen-bond donors (Lipinski definition) is 2. The molecule has 2 N–H and O–H groups in total. The van der Waals surface area contributed by atoms with Gasteiger partial charge in [-0.15, -0.1) is 0 Å². The van der Waals surface area contributed by atoms with Gasteiger partial charge in [-0.2, -0.15) is 0 Å². The molecule has 0 unspecified atom stereocenters. The Kier molecular flexibility index (Phi) is 2.31. The van der Waals surface area contributed by atoms with Crippen LogP contribution in [0.1, 0.15) is 0 Å². The number of phenols is 2. The van der Waals surface area contributed by atoms with Crippen LogP contribution in [0, 0.1) is 0 Å². The number of benzene rings is 2. The van der Waals surface area contributed by atoms with Gasteiger partial charge in [0.1, 0.15) is 16.0 Å². The fraction of sp³-hybridized carbons (Fsp3) is 0. The summed E-state index contributed by atoms with van der Waals surface area (Å²) in [4.78, 5) is 11.8. The van der Waals surface area contributed by atoms with Gasteiger partial charge in [-0.3, -0.25) is 0 Å². The quantitative estimate of drug-likeness (QED) is 0.494. The van der Waals surface area contributed by atoms with Crippen molar-refractivity contribution in [2.45, 2.75) is 0 Å². The molecular formula is C13H7BrO4. The summed E-state index contributed by atoms with van der Waals surface area (Å²) in [6, 6.07) is 7.69. The fourth-order valence-corrected chi connectivity index (χ4v) is 2.37. The molecule has 90 valence electrons. The highest BCUT2D eigenvalue weighted by Crippen LogP contribution is 2.35. The Hall–Kier alpha value is -2.01. The summed E-state index contributed by atoms with van der Waals surface area (Å²) < 4.78 is 5.51. The molecule has 1 heterocycles. The molecule has 1 aromatic heterocycles. The third kappa shape index (κ3) is 1.48. The second-order valence-corrected chi connectivity index (χ2v) is 4.69. The van der Waals surface area contributed by atoms with Gasteiger partial charge in [-0.1, -0.05) is 0 Å². The van der Waals surface area contributed by atoms with E-state index in [4.69, 9.17) is 4.42 Å². The number of phenolic OH excluding ortho intramolecular Hbond substituents is 2. The third-order valence-electron chi connectivity index (χ3n) is 2.78. The molecule has 4 nitrogen and oxygen atoms in total. The van der Waals surface area contributed by atoms with Crippen LogP contribution in [0.25, 0.3) is 21.7 Å². The van der Waals surface area contributed by atoms with Crippen LogP contribution in [0.4, 0.5) is 0 Å². The van der Waals surface area contributed by atoms with E-state index in [0.29, 0.717) is 20.6 Å². The minimum atomic E-state index is -0.556. The van der Waals surface area contributed by atoms with Gasteiger partial charge in [0, 0.05) is 10.8 Å². The van der Waals surface area contributed by atoms with Crippen molar-refractivity contribution in [1.82, 2.24) is 0 Å². The molecule has 0 spiro atoms. The van der Waals surface area contributed by atoms with E-state index in [9.17, 15) is 15.0 Å². The van der Waals surface area contributed by atoms with Crippen molar-refractivity contribution in [3.05, 3.63) is 45.2 Å². The first-order valence-electron chi connectivity index (χ1n) is 5.15. The Morgan fingerprint density at radius 2 is 1.72 bits per heavy atom. The predicted molar refractivity (Wildman–Crippen MR) is 71.0 cm³/mol. The maximum atomic E-state index is 11.8. The lowest BCUT2D eigenvalue weighted by atomic mass is 10.1. The minimum Gasteiger partial charge on any atom is -0.508 e. The zero-order valence-electron chi connectivity index (χ0n) is 8.98. The lowest BCUT2D eigenvalue weighted by Gasteiger charge is -2.05. The second-order valence-electron chi connectivity index (χ2n) is 3.89. The summed E-state index contributed by atoms with van der Waals surface area (Å²) in [5, 5.41) is 20.6. The molecule has 0 amide bonds. The van der Waals surface area contributed by atoms with E-state index >= 15 is 0 Å². The lowest BCUT2D eigenvalue weighted by Crippen LogP contribution is -1.99. The van der Waals surface area contributed by atoms with Gasteiger partial charge in [0.15, 0.2) is 5.58 Å². The summed E-state index contributed by atoms with van der Waals surface area (Å²) in [5.74, 6) is 0.00997. The number of hydrogen-bond acceptors (Lipinski definition) is 4. The Morgan fingerprint density at radius 3 is 2.50 bits per heavy atom. The zero-order valence-corrected chi connectivity index (χ0v) is 10.6. The van der Waals surface area contributed by atoms with E-state index < -0.39 is 5.63 Å². The molecule has 3 rings (SSSR count). The maximum Gasteiger partial charge on any atom is 0.344 e. The molecule has 2 aromatic carbocycles. The monoisotopic (exact) mass is 306 g/mol. The smallest absolute Gasteiger partial charge is 0.344 e. The molecule has 0 radical (unpaired) electrons. The van der Waals surface area contributed by atoms with Crippen LogP contribution in [0.3, 0.4) is 0 Å². The zero-order chi connectivity index (χ0) is 12.9. The van der Waals surface area contributed by atoms with Crippen LogP contribution < -0.4 is 5.63 Å². The first-order chi connectivity index (χ1) is 8.58. The summed E-state index contributed by atoms with van der Waals surface area (Å²) in [7, 11) is 0. The highest BCUT2D eigenvalue weighted by atomic mass is 79.9. The van der Waals surface area contributed by atoms with E-state index in [1.54, 1.807) is 12.1 Å². The topological polar surface area (TPSA) is 70.7 Å². The van der Waals surface area contributed by atoms with Gasteiger partial charge in [0.05, 0.1) is 5.39 Å². The maximum absolute atomic E-state index is 11.8. The van der Waals surface area contributed by atoms with Crippen molar-refractivity contribution in [2.24, 2.45) is 0 Å². The molecule has 0 saturated heterocycles. The van der Waals surface area contributed by atoms with Crippen molar-refractivity contribution in [2.75, 3.05) is 0 Å². The van der Waals surface area contributed by atoms with Gasteiger partial charge in [0.25, 0.3) is 0 Å². The molecule has 0 aliphatic heterocycles. The van der Waals surface area contributed by atoms with Crippen LogP contribution >= 0.6 is 15.9 Å². The van der Waals surface area contributed by atoms with Crippen molar-refractivity contribution in [1.29, 1.82) is 0 Å². The average Bonchev–Trinajstić information content (AvgIpc) is 2.35. The Labute approximate surface area is 109 Å². The molecule has 0 bridgehead atoms. The van der Waals surface area contributed by atoms with Crippen LogP contribution in [0.15, 0.2) is 44.0 Å². The molecule has 5 heteroatoms. The molecular weight excluding hydrogens is 300 g/mol. The number of fused-ring (bicyclic) bond motifs is 3. The summed E-state index contributed by atoms with van der Waals surface area (Å²) in [6.07, 6.45) is 0. The SMILES string of the molecule is O=c1oc2c(Br)c(O)ccc2c2ccc(O)cc12. The largest absolute Gasteiger partial charge is 0.508 e. The van der Waals surface area contributed by atoms with Crippen molar-refractivity contribution < 1.29 is 14.6 Å². The summed E-state index contributed by atoms with van der Waals surface area (Å²) in [6.45, 7) is 0. The van der Waals surface area contributed by atoms with Crippen LogP contribution in [-0.4, -0.2) is 10.2 Å². The van der Waals surface area contributed by atoms with Crippen molar-refractivity contribution >= 4 is 37.7 Å². The number of aromatic hydroxyl groups is 2. The van der Waals surface area contributed by atoms with E-state index in [0.717, 1.165) is 0 Å². The molecule has 0 atom stereocenters. The van der Waals surface area contributed by atoms with Gasteiger partial charge in [-0.25, -0.2) is 4.79 Å². The molecule has 0 aliphatic carbocycles. The summed E-state index contributed by atoms with van der Waals surface area (Å²) in [5.41, 5.74) is -0.266. The minimum absolute atomic E-state index is 0.00350. The van der Waals surface area contributed by atoms with E-state index in [2.05, 4.69) is 15.9 Å². The van der Waals surface area contributed by atoms with E-state index in [1.165, 1.54) is 18.2 Å². The first kappa shape index (κ1) is 11.1. The first-order valence-corrected chi connectivity index (χ1v) is 5.94. The number of halogens is 1. The van der Waals surface area contributed by atoms with Crippen LogP contribution in [-0.2, 0) is 0 Å². The molecule has 3 aromatic rings. The van der Waals surface area contributed by atoms with Gasteiger partial charge >= 0.3 is 5.63 Å². The van der Waals surface area contributed by atoms with Crippen molar-refractivity contribution in [3.63, 3.8) is 0 Å². The standard InChI is InChI=1S/C13H7BrO4/c14-11-10(16)4-3-8-7-2-1-6(15)5-9(7)13(17)18-12(8)11/h1-5,15-16H. The van der Waals surface area contributed by atoms with E-state index in [-0.39, 0.29) is 17.1 Å². The fourth-order valence-electron chi connectivity index (χ4n) is 1.94. The Morgan fingerprint density at radius 1 is 1.00 bits per heavy atom. The lowest BCUT2D eigenvalue weighted by molar-refractivity contribution is 0.469. The summed E-state index contributed by atoms with van der Waals surface area (Å²) >= 11 is 3.18. The highest BCUT2D eigenvalue weighted by molar-refractivity contribution is 9.10. The van der Waals surface area contributed by atoms with Gasteiger partial charge in [0.2, 0.25) is 0 Å². The van der Waals surface area contributed by atoms with E-state index in [1.807, 2.05) is 0 Å². The van der Waals surface area contributed by atoms with Gasteiger partial charge in [-0.05, 0) is 46.3 Å². The Bertz CT molecular complexity index is 836. The third-order valence-corrected chi connectivity index (χ3v) is 3.55. The Balaban J connectivity index is 2.63. The van der Waals surface area contributed by atoms with Crippen molar-refractivity contribution in [3.8, 4) is 11.5 Å². The average molecular weight is 307 g/mol. The highest BCUT2D eigenvalue weighted by Gasteiger charge is 2.12. The predicted octanol–water partition coefficient (Wildman–Crippen LogP) is 3.12. The molecule has 0 fully saturated rings. The van der Waals surface area contributed by atoms with Crippen LogP contribution in [0.5, 0.6) is 11.5 Å². The second kappa shape index (κ2) is 3.74.